The summed E-state index contributed by atoms with van der Waals surface area (Å²) in [5.74, 6) is -0.439. The second kappa shape index (κ2) is 7.65. The fraction of sp³-hybridized carbons (Fsp3) is 0.529. The van der Waals surface area contributed by atoms with E-state index >= 15 is 0 Å². The average Bonchev–Trinajstić information content (AvgIpc) is 3.09. The van der Waals surface area contributed by atoms with Crippen molar-refractivity contribution >= 4 is 28.1 Å². The van der Waals surface area contributed by atoms with Gasteiger partial charge in [-0.25, -0.2) is 9.78 Å². The summed E-state index contributed by atoms with van der Waals surface area (Å²) < 4.78 is 2.05. The molecule has 146 valence electrons. The van der Waals surface area contributed by atoms with Crippen molar-refractivity contribution in [3.05, 3.63) is 38.0 Å². The van der Waals surface area contributed by atoms with Gasteiger partial charge >= 0.3 is 5.69 Å². The lowest BCUT2D eigenvalue weighted by molar-refractivity contribution is 0.0845. The maximum Gasteiger partial charge on any atom is 0.332 e. The second-order valence-corrected chi connectivity index (χ2v) is 7.57. The van der Waals surface area contributed by atoms with Gasteiger partial charge in [0.15, 0.2) is 10.9 Å². The van der Waals surface area contributed by atoms with E-state index in [4.69, 9.17) is 5.73 Å². The Bertz CT molecular complexity index is 949. The van der Waals surface area contributed by atoms with Gasteiger partial charge in [-0.2, -0.15) is 0 Å². The smallest absolute Gasteiger partial charge is 0.332 e. The van der Waals surface area contributed by atoms with Gasteiger partial charge < -0.3 is 10.6 Å². The summed E-state index contributed by atoms with van der Waals surface area (Å²) in [5.41, 5.74) is 4.62. The standard InChI is InChI=1S/C17H24N6O3S/c1-11(13(24)12-14(18)20(2)17(26)21(3)15(12)25)22-6-4-7-23(9-8-22)16-19-5-10-27-16/h5,10-11H,4,6-9,18H2,1-3H3. The van der Waals surface area contributed by atoms with Crippen molar-refractivity contribution < 1.29 is 4.79 Å². The van der Waals surface area contributed by atoms with E-state index in [1.165, 1.54) is 14.1 Å². The summed E-state index contributed by atoms with van der Waals surface area (Å²) in [6.45, 7) is 4.82. The molecular formula is C17H24N6O3S. The van der Waals surface area contributed by atoms with Crippen LogP contribution in [0.25, 0.3) is 0 Å². The number of nitrogens with zero attached hydrogens (tertiary/aromatic N) is 5. The molecule has 0 saturated carbocycles. The minimum atomic E-state index is -0.647. The maximum absolute atomic E-state index is 13.0. The summed E-state index contributed by atoms with van der Waals surface area (Å²) in [4.78, 5) is 46.1. The van der Waals surface area contributed by atoms with Crippen molar-refractivity contribution in [2.45, 2.75) is 19.4 Å². The van der Waals surface area contributed by atoms with Crippen molar-refractivity contribution in [3.8, 4) is 0 Å². The van der Waals surface area contributed by atoms with Crippen LogP contribution >= 0.6 is 11.3 Å². The van der Waals surface area contributed by atoms with Gasteiger partial charge in [-0.3, -0.25) is 23.6 Å². The molecule has 2 N–H and O–H groups in total. The molecule has 10 heteroatoms. The van der Waals surface area contributed by atoms with Gasteiger partial charge in [-0.15, -0.1) is 11.3 Å². The first-order chi connectivity index (χ1) is 12.8. The largest absolute Gasteiger partial charge is 0.384 e. The highest BCUT2D eigenvalue weighted by Gasteiger charge is 2.29. The van der Waals surface area contributed by atoms with Crippen LogP contribution in [0, 0.1) is 0 Å². The molecule has 0 spiro atoms. The zero-order valence-corrected chi connectivity index (χ0v) is 16.5. The first-order valence-corrected chi connectivity index (χ1v) is 9.69. The van der Waals surface area contributed by atoms with Crippen molar-refractivity contribution in [2.24, 2.45) is 14.1 Å². The second-order valence-electron chi connectivity index (χ2n) is 6.70. The van der Waals surface area contributed by atoms with Crippen LogP contribution in [0.1, 0.15) is 23.7 Å². The molecule has 1 aliphatic rings. The van der Waals surface area contributed by atoms with E-state index in [2.05, 4.69) is 14.8 Å². The summed E-state index contributed by atoms with van der Waals surface area (Å²) in [6.07, 6.45) is 2.67. The topological polar surface area (TPSA) is 106 Å². The number of anilines is 2. The highest BCUT2D eigenvalue weighted by Crippen LogP contribution is 2.20. The average molecular weight is 392 g/mol. The predicted octanol–water partition coefficient (Wildman–Crippen LogP) is -0.0938. The molecule has 0 amide bonds. The number of thiazole rings is 1. The highest BCUT2D eigenvalue weighted by molar-refractivity contribution is 7.13. The van der Waals surface area contributed by atoms with Crippen LogP contribution in [-0.4, -0.2) is 57.0 Å². The van der Waals surface area contributed by atoms with Crippen molar-refractivity contribution in [3.63, 3.8) is 0 Å². The molecule has 2 aromatic heterocycles. The Morgan fingerprint density at radius 3 is 2.59 bits per heavy atom. The number of nitrogen functional groups attached to an aromatic ring is 1. The number of ketones is 1. The minimum Gasteiger partial charge on any atom is -0.384 e. The van der Waals surface area contributed by atoms with Gasteiger partial charge in [-0.05, 0) is 13.3 Å². The molecule has 1 atom stereocenters. The summed E-state index contributed by atoms with van der Waals surface area (Å²) >= 11 is 1.60. The number of nitrogens with two attached hydrogens (primary N) is 1. The maximum atomic E-state index is 13.0. The van der Waals surface area contributed by atoms with Crippen molar-refractivity contribution in [2.75, 3.05) is 36.8 Å². The van der Waals surface area contributed by atoms with Gasteiger partial charge in [0.05, 0.1) is 6.04 Å². The van der Waals surface area contributed by atoms with Gasteiger partial charge in [0.1, 0.15) is 11.4 Å². The van der Waals surface area contributed by atoms with E-state index in [9.17, 15) is 14.4 Å². The third-order valence-corrected chi connectivity index (χ3v) is 5.94. The Hall–Kier alpha value is -2.46. The Morgan fingerprint density at radius 2 is 1.93 bits per heavy atom. The fourth-order valence-corrected chi connectivity index (χ4v) is 4.05. The third kappa shape index (κ3) is 3.54. The lowest BCUT2D eigenvalue weighted by Crippen LogP contribution is -2.47. The minimum absolute atomic E-state index is 0.0841. The van der Waals surface area contributed by atoms with E-state index in [-0.39, 0.29) is 17.2 Å². The fourth-order valence-electron chi connectivity index (χ4n) is 3.35. The number of hydrogen-bond donors (Lipinski definition) is 1. The molecule has 9 nitrogen and oxygen atoms in total. The zero-order valence-electron chi connectivity index (χ0n) is 15.7. The molecule has 3 rings (SSSR count). The van der Waals surface area contributed by atoms with Crippen LogP contribution in [0.4, 0.5) is 10.9 Å². The molecule has 1 aliphatic heterocycles. The van der Waals surface area contributed by atoms with E-state index in [0.717, 1.165) is 40.3 Å². The Morgan fingerprint density at radius 1 is 1.19 bits per heavy atom. The SMILES string of the molecule is CC(C(=O)c1c(N)n(C)c(=O)n(C)c1=O)N1CCCN(c2nccs2)CC1. The summed E-state index contributed by atoms with van der Waals surface area (Å²) in [5, 5.41) is 2.93. The first-order valence-electron chi connectivity index (χ1n) is 8.81. The first kappa shape index (κ1) is 19.3. The molecule has 0 aromatic carbocycles. The van der Waals surface area contributed by atoms with E-state index in [1.54, 1.807) is 24.5 Å². The van der Waals surface area contributed by atoms with E-state index in [0.29, 0.717) is 6.54 Å². The Labute approximate surface area is 160 Å². The number of hydrogen-bond acceptors (Lipinski definition) is 8. The number of carbonyl (C=O) groups excluding carboxylic acids is 1. The van der Waals surface area contributed by atoms with Crippen molar-refractivity contribution in [1.29, 1.82) is 0 Å². The quantitative estimate of drug-likeness (QED) is 0.725. The van der Waals surface area contributed by atoms with Gasteiger partial charge in [0.25, 0.3) is 5.56 Å². The molecular weight excluding hydrogens is 368 g/mol. The Balaban J connectivity index is 1.82. The number of rotatable bonds is 4. The van der Waals surface area contributed by atoms with Gasteiger partial charge in [0.2, 0.25) is 0 Å². The lowest BCUT2D eigenvalue weighted by Gasteiger charge is -2.27. The summed E-state index contributed by atoms with van der Waals surface area (Å²) in [6, 6.07) is -0.506. The molecule has 1 fully saturated rings. The molecule has 27 heavy (non-hydrogen) atoms. The lowest BCUT2D eigenvalue weighted by atomic mass is 10.1. The van der Waals surface area contributed by atoms with Crippen LogP contribution in [-0.2, 0) is 14.1 Å². The zero-order chi connectivity index (χ0) is 19.7. The van der Waals surface area contributed by atoms with Crippen LogP contribution in [0.3, 0.4) is 0 Å². The molecule has 3 heterocycles. The third-order valence-electron chi connectivity index (χ3n) is 5.10. The monoisotopic (exact) mass is 392 g/mol. The van der Waals surface area contributed by atoms with E-state index < -0.39 is 17.3 Å². The molecule has 1 unspecified atom stereocenters. The van der Waals surface area contributed by atoms with Gasteiger partial charge in [-0.1, -0.05) is 0 Å². The molecule has 0 aliphatic carbocycles. The number of aromatic nitrogens is 3. The van der Waals surface area contributed by atoms with Crippen LogP contribution in [0.5, 0.6) is 0 Å². The number of Topliss-reactive ketones (excluding diaryl/α,β-unsaturated/α-hetero) is 1. The molecule has 0 radical (unpaired) electrons. The molecule has 0 bridgehead atoms. The normalized spacial score (nSPS) is 16.9. The van der Waals surface area contributed by atoms with Crippen LogP contribution in [0.15, 0.2) is 21.2 Å². The Kier molecular flexibility index (Phi) is 5.47. The van der Waals surface area contributed by atoms with Crippen molar-refractivity contribution in [1.82, 2.24) is 19.0 Å². The van der Waals surface area contributed by atoms with Crippen LogP contribution in [0.2, 0.25) is 0 Å². The predicted molar refractivity (Wildman–Crippen MR) is 106 cm³/mol. The molecule has 2 aromatic rings. The highest BCUT2D eigenvalue weighted by atomic mass is 32.1. The summed E-state index contributed by atoms with van der Waals surface area (Å²) in [7, 11) is 2.81. The van der Waals surface area contributed by atoms with Gasteiger partial charge in [0, 0.05) is 51.9 Å². The van der Waals surface area contributed by atoms with E-state index in [1.807, 2.05) is 5.38 Å². The molecule has 1 saturated heterocycles. The number of carbonyl (C=O) groups is 1. The van der Waals surface area contributed by atoms with Crippen LogP contribution < -0.4 is 21.9 Å².